The molecule has 36 heavy (non-hydrogen) atoms. The van der Waals surface area contributed by atoms with Crippen LogP contribution >= 0.6 is 0 Å². The van der Waals surface area contributed by atoms with Gasteiger partial charge in [-0.25, -0.2) is 0 Å². The standard InChI is InChI=1S/C33H50O3/c1-23(2)13-10-14-24(3)15-11-16-25(4)17-12-18-26(5)21-22-29-27(6)33(36-28(7)34)31-20-9-8-19-30(31)32(29)35/h8-9,19-21,23-25,35H,10-18,22H2,1-7H3/b26-21+. The smallest absolute Gasteiger partial charge is 0.308 e. The van der Waals surface area contributed by atoms with Crippen molar-refractivity contribution >= 4 is 16.7 Å². The van der Waals surface area contributed by atoms with E-state index in [9.17, 15) is 9.90 Å². The number of phenols is 1. The van der Waals surface area contributed by atoms with Crippen LogP contribution in [0.1, 0.15) is 110 Å². The molecule has 0 spiro atoms. The third kappa shape index (κ3) is 9.64. The van der Waals surface area contributed by atoms with Gasteiger partial charge in [0.05, 0.1) is 0 Å². The number of hydrogen-bond donors (Lipinski definition) is 1. The molecule has 2 unspecified atom stereocenters. The summed E-state index contributed by atoms with van der Waals surface area (Å²) in [5.74, 6) is 2.96. The first-order valence-corrected chi connectivity index (χ1v) is 14.2. The van der Waals surface area contributed by atoms with E-state index in [1.807, 2.05) is 31.2 Å². The van der Waals surface area contributed by atoms with Gasteiger partial charge in [-0.3, -0.25) is 4.79 Å². The van der Waals surface area contributed by atoms with E-state index in [0.29, 0.717) is 12.2 Å². The van der Waals surface area contributed by atoms with Gasteiger partial charge in [0.25, 0.3) is 0 Å². The first-order valence-electron chi connectivity index (χ1n) is 14.2. The summed E-state index contributed by atoms with van der Waals surface area (Å²) in [6, 6.07) is 7.56. The molecule has 1 N–H and O–H groups in total. The van der Waals surface area contributed by atoms with Gasteiger partial charge in [-0.05, 0) is 56.4 Å². The van der Waals surface area contributed by atoms with Gasteiger partial charge in [-0.1, -0.05) is 109 Å². The number of hydrogen-bond acceptors (Lipinski definition) is 3. The maximum atomic E-state index is 11.7. The summed E-state index contributed by atoms with van der Waals surface area (Å²) < 4.78 is 5.56. The normalized spacial score (nSPS) is 13.8. The number of ether oxygens (including phenoxy) is 1. The van der Waals surface area contributed by atoms with Crippen LogP contribution in [-0.2, 0) is 11.2 Å². The zero-order valence-electron chi connectivity index (χ0n) is 24.0. The molecule has 0 saturated heterocycles. The summed E-state index contributed by atoms with van der Waals surface area (Å²) in [6.07, 6.45) is 14.6. The van der Waals surface area contributed by atoms with Gasteiger partial charge < -0.3 is 9.84 Å². The highest BCUT2D eigenvalue weighted by molar-refractivity contribution is 5.97. The lowest BCUT2D eigenvalue weighted by Gasteiger charge is -2.16. The van der Waals surface area contributed by atoms with Crippen molar-refractivity contribution in [2.24, 2.45) is 17.8 Å². The van der Waals surface area contributed by atoms with Crippen LogP contribution in [0.2, 0.25) is 0 Å². The minimum absolute atomic E-state index is 0.287. The molecule has 0 saturated carbocycles. The van der Waals surface area contributed by atoms with Crippen LogP contribution in [-0.4, -0.2) is 11.1 Å². The number of phenolic OH excluding ortho intramolecular Hbond substituents is 1. The van der Waals surface area contributed by atoms with Crippen LogP contribution in [0.15, 0.2) is 35.9 Å². The Kier molecular flexibility index (Phi) is 12.5. The van der Waals surface area contributed by atoms with Gasteiger partial charge in [-0.15, -0.1) is 0 Å². The minimum atomic E-state index is -0.346. The third-order valence-corrected chi connectivity index (χ3v) is 7.55. The SMILES string of the molecule is CC(=O)Oc1c(C)c(C/C=C(\C)CCCC(C)CCCC(C)CCCC(C)C)c(O)c2ccccc12. The Balaban J connectivity index is 1.86. The molecule has 0 amide bonds. The molecule has 0 aromatic heterocycles. The second-order valence-electron chi connectivity index (χ2n) is 11.5. The average Bonchev–Trinajstić information content (AvgIpc) is 2.81. The Bertz CT molecular complexity index is 1000. The van der Waals surface area contributed by atoms with E-state index in [1.54, 1.807) is 0 Å². The molecule has 0 aliphatic rings. The molecule has 0 bridgehead atoms. The van der Waals surface area contributed by atoms with E-state index in [4.69, 9.17) is 4.74 Å². The number of aromatic hydroxyl groups is 1. The zero-order valence-corrected chi connectivity index (χ0v) is 24.0. The summed E-state index contributed by atoms with van der Waals surface area (Å²) in [6.45, 7) is 15.0. The van der Waals surface area contributed by atoms with E-state index >= 15 is 0 Å². The second-order valence-corrected chi connectivity index (χ2v) is 11.5. The van der Waals surface area contributed by atoms with Crippen molar-refractivity contribution in [1.82, 2.24) is 0 Å². The highest BCUT2D eigenvalue weighted by Gasteiger charge is 2.18. The summed E-state index contributed by atoms with van der Waals surface area (Å²) in [5, 5.41) is 12.5. The molecule has 3 nitrogen and oxygen atoms in total. The highest BCUT2D eigenvalue weighted by Crippen LogP contribution is 2.40. The van der Waals surface area contributed by atoms with E-state index in [-0.39, 0.29) is 11.7 Å². The summed E-state index contributed by atoms with van der Waals surface area (Å²) in [7, 11) is 0. The Labute approximate surface area is 220 Å². The van der Waals surface area contributed by atoms with E-state index in [0.717, 1.165) is 46.1 Å². The van der Waals surface area contributed by atoms with Crippen molar-refractivity contribution in [3.8, 4) is 11.5 Å². The molecule has 2 aromatic rings. The maximum absolute atomic E-state index is 11.7. The number of rotatable bonds is 15. The fourth-order valence-corrected chi connectivity index (χ4v) is 5.18. The quantitative estimate of drug-likeness (QED) is 0.152. The Hall–Kier alpha value is -2.29. The van der Waals surface area contributed by atoms with Crippen LogP contribution in [0.4, 0.5) is 0 Å². The molecule has 0 radical (unpaired) electrons. The van der Waals surface area contributed by atoms with Gasteiger partial charge in [0.2, 0.25) is 0 Å². The van der Waals surface area contributed by atoms with Gasteiger partial charge in [0, 0.05) is 23.3 Å². The molecule has 2 atom stereocenters. The first kappa shape index (κ1) is 29.9. The van der Waals surface area contributed by atoms with Gasteiger partial charge in [0.1, 0.15) is 11.5 Å². The van der Waals surface area contributed by atoms with Crippen molar-refractivity contribution < 1.29 is 14.6 Å². The molecule has 0 heterocycles. The molecular weight excluding hydrogens is 444 g/mol. The molecule has 0 aliphatic heterocycles. The van der Waals surface area contributed by atoms with Crippen molar-refractivity contribution in [1.29, 1.82) is 0 Å². The van der Waals surface area contributed by atoms with Crippen molar-refractivity contribution in [2.75, 3.05) is 0 Å². The topological polar surface area (TPSA) is 46.5 Å². The number of carbonyl (C=O) groups is 1. The number of esters is 1. The fraction of sp³-hybridized carbons (Fsp3) is 0.606. The maximum Gasteiger partial charge on any atom is 0.308 e. The van der Waals surface area contributed by atoms with Crippen LogP contribution < -0.4 is 4.74 Å². The molecular formula is C33H50O3. The molecule has 2 aromatic carbocycles. The van der Waals surface area contributed by atoms with Gasteiger partial charge in [0.15, 0.2) is 0 Å². The highest BCUT2D eigenvalue weighted by atomic mass is 16.5. The summed E-state index contributed by atoms with van der Waals surface area (Å²) in [5.41, 5.74) is 3.01. The molecule has 2 rings (SSSR count). The Morgan fingerprint density at radius 3 is 2.03 bits per heavy atom. The predicted octanol–water partition coefficient (Wildman–Crippen LogP) is 9.71. The Morgan fingerprint density at radius 1 is 0.889 bits per heavy atom. The number of fused-ring (bicyclic) bond motifs is 1. The van der Waals surface area contributed by atoms with Crippen LogP contribution in [0, 0.1) is 24.7 Å². The minimum Gasteiger partial charge on any atom is -0.507 e. The number of benzene rings is 2. The lowest BCUT2D eigenvalue weighted by atomic mass is 9.91. The van der Waals surface area contributed by atoms with Crippen molar-refractivity contribution in [3.05, 3.63) is 47.0 Å². The molecule has 0 fully saturated rings. The van der Waals surface area contributed by atoms with E-state index < -0.39 is 0 Å². The first-order chi connectivity index (χ1) is 17.1. The number of carbonyl (C=O) groups excluding carboxylic acids is 1. The zero-order chi connectivity index (χ0) is 26.7. The Morgan fingerprint density at radius 2 is 1.44 bits per heavy atom. The van der Waals surface area contributed by atoms with Crippen LogP contribution in [0.3, 0.4) is 0 Å². The van der Waals surface area contributed by atoms with Crippen molar-refractivity contribution in [3.63, 3.8) is 0 Å². The molecule has 200 valence electrons. The number of allylic oxidation sites excluding steroid dienone is 2. The van der Waals surface area contributed by atoms with E-state index in [2.05, 4.69) is 40.7 Å². The second kappa shape index (κ2) is 15.1. The van der Waals surface area contributed by atoms with Crippen LogP contribution in [0.25, 0.3) is 10.8 Å². The summed E-state index contributed by atoms with van der Waals surface area (Å²) >= 11 is 0. The van der Waals surface area contributed by atoms with Crippen LogP contribution in [0.5, 0.6) is 11.5 Å². The fourth-order valence-electron chi connectivity index (χ4n) is 5.18. The van der Waals surface area contributed by atoms with Crippen molar-refractivity contribution in [2.45, 2.75) is 113 Å². The van der Waals surface area contributed by atoms with Gasteiger partial charge >= 0.3 is 5.97 Å². The predicted molar refractivity (Wildman–Crippen MR) is 154 cm³/mol. The molecule has 0 aliphatic carbocycles. The molecule has 3 heteroatoms. The summed E-state index contributed by atoms with van der Waals surface area (Å²) in [4.78, 5) is 11.7. The third-order valence-electron chi connectivity index (χ3n) is 7.55. The largest absolute Gasteiger partial charge is 0.507 e. The lowest BCUT2D eigenvalue weighted by molar-refractivity contribution is -0.131. The lowest BCUT2D eigenvalue weighted by Crippen LogP contribution is -2.05. The monoisotopic (exact) mass is 494 g/mol. The average molecular weight is 495 g/mol. The van der Waals surface area contributed by atoms with E-state index in [1.165, 1.54) is 63.9 Å². The van der Waals surface area contributed by atoms with Gasteiger partial charge in [-0.2, -0.15) is 0 Å².